The normalized spacial score (nSPS) is 22.5. The van der Waals surface area contributed by atoms with Gasteiger partial charge in [0.15, 0.2) is 0 Å². The molecule has 3 heteroatoms. The fourth-order valence-electron chi connectivity index (χ4n) is 3.02. The first kappa shape index (κ1) is 14.3. The molecule has 0 aromatic rings. The van der Waals surface area contributed by atoms with Gasteiger partial charge in [-0.15, -0.1) is 0 Å². The lowest BCUT2D eigenvalue weighted by Gasteiger charge is -2.24. The van der Waals surface area contributed by atoms with Crippen molar-refractivity contribution in [3.05, 3.63) is 0 Å². The van der Waals surface area contributed by atoms with Crippen LogP contribution in [0.1, 0.15) is 44.9 Å². The molecule has 0 amide bonds. The Labute approximate surface area is 112 Å². The molecule has 3 nitrogen and oxygen atoms in total. The van der Waals surface area contributed by atoms with Gasteiger partial charge in [-0.1, -0.05) is 25.7 Å². The highest BCUT2D eigenvalue weighted by Gasteiger charge is 2.27. The minimum absolute atomic E-state index is 0.717. The van der Waals surface area contributed by atoms with Crippen LogP contribution in [0.15, 0.2) is 0 Å². The molecule has 2 aliphatic carbocycles. The zero-order valence-electron chi connectivity index (χ0n) is 11.8. The van der Waals surface area contributed by atoms with Crippen molar-refractivity contribution < 1.29 is 9.47 Å². The number of hydrogen-bond acceptors (Lipinski definition) is 3. The first-order chi connectivity index (χ1) is 8.90. The second kappa shape index (κ2) is 8.13. The molecular weight excluding hydrogens is 226 g/mol. The molecule has 2 aliphatic rings. The van der Waals surface area contributed by atoms with E-state index in [0.29, 0.717) is 6.61 Å². The molecule has 2 saturated carbocycles. The summed E-state index contributed by atoms with van der Waals surface area (Å²) >= 11 is 0. The van der Waals surface area contributed by atoms with Crippen molar-refractivity contribution in [3.63, 3.8) is 0 Å². The van der Waals surface area contributed by atoms with E-state index < -0.39 is 0 Å². The number of methoxy groups -OCH3 is 1. The zero-order chi connectivity index (χ0) is 12.6. The van der Waals surface area contributed by atoms with E-state index in [1.54, 1.807) is 7.11 Å². The quantitative estimate of drug-likeness (QED) is 0.609. The minimum Gasteiger partial charge on any atom is -0.382 e. The summed E-state index contributed by atoms with van der Waals surface area (Å²) in [5.74, 6) is 1.78. The monoisotopic (exact) mass is 255 g/mol. The molecule has 0 bridgehead atoms. The predicted molar refractivity (Wildman–Crippen MR) is 73.8 cm³/mol. The number of rotatable bonds is 10. The molecule has 2 fully saturated rings. The van der Waals surface area contributed by atoms with Crippen molar-refractivity contribution in [2.75, 3.05) is 33.5 Å². The molecule has 18 heavy (non-hydrogen) atoms. The Kier molecular flexibility index (Phi) is 6.46. The lowest BCUT2D eigenvalue weighted by molar-refractivity contribution is 0.0595. The summed E-state index contributed by atoms with van der Waals surface area (Å²) in [5, 5.41) is 3.71. The highest BCUT2D eigenvalue weighted by Crippen LogP contribution is 2.33. The molecule has 1 atom stereocenters. The Morgan fingerprint density at radius 3 is 2.50 bits per heavy atom. The molecule has 0 radical (unpaired) electrons. The standard InChI is InChI=1S/C15H29NO2/c1-17-10-11-18-9-8-14(12-16-15-6-7-15)13-4-2-3-5-13/h13-16H,2-12H2,1H3. The van der Waals surface area contributed by atoms with Crippen LogP contribution in [0.5, 0.6) is 0 Å². The fourth-order valence-corrected chi connectivity index (χ4v) is 3.02. The molecular formula is C15H29NO2. The van der Waals surface area contributed by atoms with Gasteiger partial charge in [-0.25, -0.2) is 0 Å². The maximum absolute atomic E-state index is 5.63. The largest absolute Gasteiger partial charge is 0.382 e. The van der Waals surface area contributed by atoms with Crippen molar-refractivity contribution in [1.82, 2.24) is 5.32 Å². The maximum Gasteiger partial charge on any atom is 0.0700 e. The molecule has 0 saturated heterocycles. The molecule has 0 aromatic heterocycles. The highest BCUT2D eigenvalue weighted by molar-refractivity contribution is 4.84. The first-order valence-electron chi connectivity index (χ1n) is 7.70. The third-order valence-electron chi connectivity index (χ3n) is 4.38. The second-order valence-electron chi connectivity index (χ2n) is 5.88. The maximum atomic E-state index is 5.63. The Morgan fingerprint density at radius 1 is 1.06 bits per heavy atom. The van der Waals surface area contributed by atoms with E-state index in [9.17, 15) is 0 Å². The van der Waals surface area contributed by atoms with Gasteiger partial charge in [0, 0.05) is 19.8 Å². The lowest BCUT2D eigenvalue weighted by Crippen LogP contribution is -2.29. The van der Waals surface area contributed by atoms with Crippen LogP contribution in [0, 0.1) is 11.8 Å². The lowest BCUT2D eigenvalue weighted by atomic mass is 9.88. The van der Waals surface area contributed by atoms with Crippen LogP contribution in [-0.4, -0.2) is 39.5 Å². The summed E-state index contributed by atoms with van der Waals surface area (Å²) in [6.07, 6.45) is 9.76. The zero-order valence-corrected chi connectivity index (χ0v) is 11.8. The van der Waals surface area contributed by atoms with Crippen LogP contribution >= 0.6 is 0 Å². The molecule has 1 unspecified atom stereocenters. The van der Waals surface area contributed by atoms with Gasteiger partial charge in [0.05, 0.1) is 13.2 Å². The van der Waals surface area contributed by atoms with Crippen LogP contribution < -0.4 is 5.32 Å². The van der Waals surface area contributed by atoms with Gasteiger partial charge in [0.25, 0.3) is 0 Å². The third kappa shape index (κ3) is 5.25. The van der Waals surface area contributed by atoms with Crippen molar-refractivity contribution in [1.29, 1.82) is 0 Å². The Morgan fingerprint density at radius 2 is 1.83 bits per heavy atom. The van der Waals surface area contributed by atoms with E-state index in [0.717, 1.165) is 31.1 Å². The second-order valence-corrected chi connectivity index (χ2v) is 5.88. The number of ether oxygens (including phenoxy) is 2. The third-order valence-corrected chi connectivity index (χ3v) is 4.38. The smallest absolute Gasteiger partial charge is 0.0700 e. The fraction of sp³-hybridized carbons (Fsp3) is 1.00. The van der Waals surface area contributed by atoms with Crippen LogP contribution in [0.3, 0.4) is 0 Å². The van der Waals surface area contributed by atoms with Crippen LogP contribution in [0.4, 0.5) is 0 Å². The van der Waals surface area contributed by atoms with Gasteiger partial charge in [-0.3, -0.25) is 0 Å². The van der Waals surface area contributed by atoms with E-state index in [1.807, 2.05) is 0 Å². The van der Waals surface area contributed by atoms with Crippen molar-refractivity contribution in [2.45, 2.75) is 51.0 Å². The van der Waals surface area contributed by atoms with Gasteiger partial charge in [-0.05, 0) is 37.6 Å². The van der Waals surface area contributed by atoms with Crippen LogP contribution in [0.25, 0.3) is 0 Å². The molecule has 0 spiro atoms. The van der Waals surface area contributed by atoms with Gasteiger partial charge < -0.3 is 14.8 Å². The molecule has 2 rings (SSSR count). The number of nitrogens with one attached hydrogen (secondary N) is 1. The molecule has 106 valence electrons. The average Bonchev–Trinajstić information content (AvgIpc) is 3.05. The summed E-state index contributed by atoms with van der Waals surface area (Å²) in [6.45, 7) is 3.57. The summed E-state index contributed by atoms with van der Waals surface area (Å²) < 4.78 is 10.6. The Bertz CT molecular complexity index is 213. The van der Waals surface area contributed by atoms with E-state index in [4.69, 9.17) is 9.47 Å². The SMILES string of the molecule is COCCOCCC(CNC1CC1)C1CCCC1. The summed E-state index contributed by atoms with van der Waals surface area (Å²) in [7, 11) is 1.73. The Hall–Kier alpha value is -0.120. The topological polar surface area (TPSA) is 30.5 Å². The van der Waals surface area contributed by atoms with Crippen molar-refractivity contribution in [2.24, 2.45) is 11.8 Å². The summed E-state index contributed by atoms with van der Waals surface area (Å²) in [5.41, 5.74) is 0. The van der Waals surface area contributed by atoms with E-state index in [-0.39, 0.29) is 0 Å². The molecule has 1 N–H and O–H groups in total. The van der Waals surface area contributed by atoms with Gasteiger partial charge >= 0.3 is 0 Å². The number of hydrogen-bond donors (Lipinski definition) is 1. The van der Waals surface area contributed by atoms with Gasteiger partial charge in [0.1, 0.15) is 0 Å². The first-order valence-corrected chi connectivity index (χ1v) is 7.70. The summed E-state index contributed by atoms with van der Waals surface area (Å²) in [6, 6.07) is 0.836. The summed E-state index contributed by atoms with van der Waals surface area (Å²) in [4.78, 5) is 0. The van der Waals surface area contributed by atoms with E-state index in [1.165, 1.54) is 51.5 Å². The van der Waals surface area contributed by atoms with Crippen LogP contribution in [-0.2, 0) is 9.47 Å². The highest BCUT2D eigenvalue weighted by atomic mass is 16.5. The molecule has 0 heterocycles. The van der Waals surface area contributed by atoms with Crippen LogP contribution in [0.2, 0.25) is 0 Å². The van der Waals surface area contributed by atoms with Crippen molar-refractivity contribution >= 4 is 0 Å². The van der Waals surface area contributed by atoms with Gasteiger partial charge in [0.2, 0.25) is 0 Å². The molecule has 0 aromatic carbocycles. The van der Waals surface area contributed by atoms with E-state index in [2.05, 4.69) is 5.32 Å². The average molecular weight is 255 g/mol. The van der Waals surface area contributed by atoms with Gasteiger partial charge in [-0.2, -0.15) is 0 Å². The Balaban J connectivity index is 1.62. The predicted octanol–water partition coefficient (Wildman–Crippen LogP) is 2.60. The van der Waals surface area contributed by atoms with E-state index >= 15 is 0 Å². The molecule has 0 aliphatic heterocycles. The minimum atomic E-state index is 0.717. The van der Waals surface area contributed by atoms with Crippen molar-refractivity contribution in [3.8, 4) is 0 Å².